The lowest BCUT2D eigenvalue weighted by Gasteiger charge is -2.14. The first-order chi connectivity index (χ1) is 11.9. The van der Waals surface area contributed by atoms with E-state index >= 15 is 0 Å². The summed E-state index contributed by atoms with van der Waals surface area (Å²) in [4.78, 5) is 10.1. The Morgan fingerprint density at radius 2 is 2.04 bits per heavy atom. The molecule has 0 saturated carbocycles. The average molecular weight is 349 g/mol. The number of halogens is 2. The monoisotopic (exact) mass is 349 g/mol. The molecule has 1 unspecified atom stereocenters. The zero-order valence-corrected chi connectivity index (χ0v) is 12.8. The van der Waals surface area contributed by atoms with Gasteiger partial charge in [-0.1, -0.05) is 0 Å². The van der Waals surface area contributed by atoms with Gasteiger partial charge in [0.2, 0.25) is 0 Å². The van der Waals surface area contributed by atoms with Crippen molar-refractivity contribution in [1.82, 2.24) is 0 Å². The predicted octanol–water partition coefficient (Wildman–Crippen LogP) is 2.60. The van der Waals surface area contributed by atoms with Gasteiger partial charge in [0.25, 0.3) is 5.69 Å². The maximum Gasteiger partial charge on any atom is 0.270 e. The van der Waals surface area contributed by atoms with Gasteiger partial charge in [0.05, 0.1) is 16.2 Å². The summed E-state index contributed by atoms with van der Waals surface area (Å²) in [6.07, 6.45) is -1.02. The van der Waals surface area contributed by atoms with Crippen LogP contribution in [0.3, 0.4) is 0 Å². The third-order valence-corrected chi connectivity index (χ3v) is 3.20. The quantitative estimate of drug-likeness (QED) is 0.587. The molecule has 0 heterocycles. The summed E-state index contributed by atoms with van der Waals surface area (Å²) in [5, 5.41) is 32.3. The lowest BCUT2D eigenvalue weighted by Crippen LogP contribution is -2.26. The van der Waals surface area contributed by atoms with Crippen LogP contribution in [0.25, 0.3) is 0 Å². The number of nitro benzene ring substituents is 1. The van der Waals surface area contributed by atoms with Crippen LogP contribution in [0, 0.1) is 33.1 Å². The fourth-order valence-electron chi connectivity index (χ4n) is 1.94. The second-order valence-electron chi connectivity index (χ2n) is 5.02. The normalized spacial score (nSPS) is 11.4. The van der Waals surface area contributed by atoms with Crippen LogP contribution >= 0.6 is 0 Å². The van der Waals surface area contributed by atoms with E-state index in [1.54, 1.807) is 0 Å². The van der Waals surface area contributed by atoms with Crippen molar-refractivity contribution >= 4 is 11.4 Å². The third-order valence-electron chi connectivity index (χ3n) is 3.20. The van der Waals surface area contributed by atoms with Gasteiger partial charge in [-0.15, -0.1) is 0 Å². The molecule has 7 nitrogen and oxygen atoms in total. The molecular weight excluding hydrogens is 336 g/mol. The SMILES string of the molecule is N#Cc1cc([N+](=O)[O-])ccc1NCC(O)COc1ccc(F)c(F)c1. The van der Waals surface area contributed by atoms with Crippen LogP contribution in [0.4, 0.5) is 20.2 Å². The van der Waals surface area contributed by atoms with Gasteiger partial charge in [-0.2, -0.15) is 5.26 Å². The Hall–Kier alpha value is -3.25. The number of anilines is 1. The standard InChI is InChI=1S/C16H13F2N3O4/c17-14-3-2-13(6-15(14)18)25-9-12(22)8-20-16-4-1-11(21(23)24)5-10(16)7-19/h1-6,12,20,22H,8-9H2. The van der Waals surface area contributed by atoms with Gasteiger partial charge in [-0.3, -0.25) is 10.1 Å². The van der Waals surface area contributed by atoms with Crippen molar-refractivity contribution in [3.05, 3.63) is 63.7 Å². The highest BCUT2D eigenvalue weighted by atomic mass is 19.2. The van der Waals surface area contributed by atoms with E-state index in [4.69, 9.17) is 10.00 Å². The number of hydrogen-bond donors (Lipinski definition) is 2. The molecule has 0 aliphatic rings. The van der Waals surface area contributed by atoms with Gasteiger partial charge in [0, 0.05) is 24.7 Å². The Labute approximate surface area is 141 Å². The van der Waals surface area contributed by atoms with E-state index in [9.17, 15) is 24.0 Å². The minimum Gasteiger partial charge on any atom is -0.491 e. The molecule has 25 heavy (non-hydrogen) atoms. The van der Waals surface area contributed by atoms with Crippen molar-refractivity contribution in [2.75, 3.05) is 18.5 Å². The number of nitriles is 1. The molecule has 2 N–H and O–H groups in total. The highest BCUT2D eigenvalue weighted by Crippen LogP contribution is 2.21. The van der Waals surface area contributed by atoms with Crippen LogP contribution in [0.1, 0.15) is 5.56 Å². The molecule has 0 fully saturated rings. The second kappa shape index (κ2) is 8.03. The van der Waals surface area contributed by atoms with Gasteiger partial charge >= 0.3 is 0 Å². The molecular formula is C16H13F2N3O4. The van der Waals surface area contributed by atoms with E-state index in [1.165, 1.54) is 18.2 Å². The largest absolute Gasteiger partial charge is 0.491 e. The predicted molar refractivity (Wildman–Crippen MR) is 84.2 cm³/mol. The zero-order valence-electron chi connectivity index (χ0n) is 12.8. The fourth-order valence-corrected chi connectivity index (χ4v) is 1.94. The van der Waals surface area contributed by atoms with Crippen LogP contribution in [0.2, 0.25) is 0 Å². The third kappa shape index (κ3) is 4.86. The minimum atomic E-state index is -1.06. The molecule has 2 aromatic rings. The van der Waals surface area contributed by atoms with Crippen molar-refractivity contribution in [2.45, 2.75) is 6.10 Å². The molecule has 0 aliphatic heterocycles. The van der Waals surface area contributed by atoms with Crippen LogP contribution < -0.4 is 10.1 Å². The number of rotatable bonds is 7. The summed E-state index contributed by atoms with van der Waals surface area (Å²) in [5.74, 6) is -2.00. The number of nitrogens with zero attached hydrogens (tertiary/aromatic N) is 2. The molecule has 2 rings (SSSR count). The average Bonchev–Trinajstić information content (AvgIpc) is 2.60. The van der Waals surface area contributed by atoms with E-state index in [0.717, 1.165) is 18.2 Å². The topological polar surface area (TPSA) is 108 Å². The van der Waals surface area contributed by atoms with Crippen molar-refractivity contribution < 1.29 is 23.5 Å². The molecule has 0 amide bonds. The van der Waals surface area contributed by atoms with Crippen LogP contribution in [0.5, 0.6) is 5.75 Å². The van der Waals surface area contributed by atoms with E-state index in [-0.39, 0.29) is 30.2 Å². The maximum absolute atomic E-state index is 13.0. The van der Waals surface area contributed by atoms with Crippen LogP contribution in [-0.4, -0.2) is 29.3 Å². The molecule has 0 spiro atoms. The molecule has 130 valence electrons. The number of nitrogens with one attached hydrogen (secondary N) is 1. The Bertz CT molecular complexity index is 824. The highest BCUT2D eigenvalue weighted by Gasteiger charge is 2.12. The first-order valence-corrected chi connectivity index (χ1v) is 7.09. The summed E-state index contributed by atoms with van der Waals surface area (Å²) in [6.45, 7) is -0.219. The van der Waals surface area contributed by atoms with Crippen molar-refractivity contribution in [2.24, 2.45) is 0 Å². The summed E-state index contributed by atoms with van der Waals surface area (Å²) < 4.78 is 31.0. The lowest BCUT2D eigenvalue weighted by atomic mass is 10.1. The summed E-state index contributed by atoms with van der Waals surface area (Å²) >= 11 is 0. The Morgan fingerprint density at radius 1 is 1.28 bits per heavy atom. The number of hydrogen-bond acceptors (Lipinski definition) is 6. The van der Waals surface area contributed by atoms with Crippen molar-refractivity contribution in [3.8, 4) is 11.8 Å². The van der Waals surface area contributed by atoms with Crippen LogP contribution in [-0.2, 0) is 0 Å². The molecule has 9 heteroatoms. The van der Waals surface area contributed by atoms with Gasteiger partial charge in [-0.25, -0.2) is 8.78 Å². The molecule has 0 radical (unpaired) electrons. The minimum absolute atomic E-state index is 0.0177. The molecule has 0 aliphatic carbocycles. The summed E-state index contributed by atoms with van der Waals surface area (Å²) in [5.41, 5.74) is 0.159. The van der Waals surface area contributed by atoms with E-state index in [2.05, 4.69) is 5.32 Å². The molecule has 1 atom stereocenters. The fraction of sp³-hybridized carbons (Fsp3) is 0.188. The van der Waals surface area contributed by atoms with Gasteiger partial charge in [0.15, 0.2) is 11.6 Å². The lowest BCUT2D eigenvalue weighted by molar-refractivity contribution is -0.384. The molecule has 0 aromatic heterocycles. The number of nitro groups is 1. The first kappa shape index (κ1) is 18.1. The van der Waals surface area contributed by atoms with E-state index in [0.29, 0.717) is 5.69 Å². The second-order valence-corrected chi connectivity index (χ2v) is 5.02. The van der Waals surface area contributed by atoms with E-state index < -0.39 is 22.7 Å². The van der Waals surface area contributed by atoms with Crippen molar-refractivity contribution in [1.29, 1.82) is 5.26 Å². The first-order valence-electron chi connectivity index (χ1n) is 7.09. The molecule has 0 bridgehead atoms. The van der Waals surface area contributed by atoms with Gasteiger partial charge in [-0.05, 0) is 18.2 Å². The number of non-ortho nitro benzene ring substituents is 1. The number of aliphatic hydroxyl groups excluding tert-OH is 1. The molecule has 0 saturated heterocycles. The van der Waals surface area contributed by atoms with Gasteiger partial charge in [0.1, 0.15) is 24.5 Å². The smallest absolute Gasteiger partial charge is 0.270 e. The van der Waals surface area contributed by atoms with E-state index in [1.807, 2.05) is 6.07 Å². The molecule has 2 aromatic carbocycles. The number of benzene rings is 2. The highest BCUT2D eigenvalue weighted by molar-refractivity contribution is 5.61. The zero-order chi connectivity index (χ0) is 18.4. The van der Waals surface area contributed by atoms with Gasteiger partial charge < -0.3 is 15.2 Å². The Kier molecular flexibility index (Phi) is 5.81. The maximum atomic E-state index is 13.0. The number of ether oxygens (including phenoxy) is 1. The summed E-state index contributed by atoms with van der Waals surface area (Å²) in [7, 11) is 0. The summed E-state index contributed by atoms with van der Waals surface area (Å²) in [6, 6.07) is 8.53. The Balaban J connectivity index is 1.91. The van der Waals surface area contributed by atoms with Crippen molar-refractivity contribution in [3.63, 3.8) is 0 Å². The Morgan fingerprint density at radius 3 is 2.68 bits per heavy atom. The van der Waals surface area contributed by atoms with Crippen LogP contribution in [0.15, 0.2) is 36.4 Å². The number of aliphatic hydroxyl groups is 1.